The maximum Gasteiger partial charge on any atom is 0.234 e. The third-order valence-electron chi connectivity index (χ3n) is 2.73. The first-order valence-corrected chi connectivity index (χ1v) is 9.20. The Hall–Kier alpha value is -1.86. The van der Waals surface area contributed by atoms with Crippen molar-refractivity contribution in [1.82, 2.24) is 0 Å². The molecule has 0 fully saturated rings. The average Bonchev–Trinajstić information content (AvgIpc) is 2.45. The molecule has 0 saturated carbocycles. The summed E-state index contributed by atoms with van der Waals surface area (Å²) in [6.07, 6.45) is 1.14. The zero-order valence-electron chi connectivity index (χ0n) is 11.7. The van der Waals surface area contributed by atoms with Crippen molar-refractivity contribution in [3.63, 3.8) is 0 Å². The molecule has 0 saturated heterocycles. The van der Waals surface area contributed by atoms with Crippen molar-refractivity contribution in [3.05, 3.63) is 54.3 Å². The van der Waals surface area contributed by atoms with E-state index >= 15 is 0 Å². The second kappa shape index (κ2) is 6.93. The van der Waals surface area contributed by atoms with Gasteiger partial charge in [0.2, 0.25) is 5.91 Å². The Morgan fingerprint density at radius 2 is 1.86 bits per heavy atom. The van der Waals surface area contributed by atoms with Gasteiger partial charge in [0.15, 0.2) is 9.84 Å². The highest BCUT2D eigenvalue weighted by atomic mass is 32.2. The molecule has 0 unspecified atom stereocenters. The summed E-state index contributed by atoms with van der Waals surface area (Å²) in [4.78, 5) is 12.8. The number of halogens is 1. The number of anilines is 1. The molecule has 0 atom stereocenters. The van der Waals surface area contributed by atoms with E-state index in [1.807, 2.05) is 0 Å². The normalized spacial score (nSPS) is 11.2. The van der Waals surface area contributed by atoms with E-state index in [9.17, 15) is 17.6 Å². The number of amides is 1. The summed E-state index contributed by atoms with van der Waals surface area (Å²) in [6, 6.07) is 12.0. The minimum absolute atomic E-state index is 0.148. The number of thioether (sulfide) groups is 1. The Labute approximate surface area is 132 Å². The molecule has 0 heterocycles. The van der Waals surface area contributed by atoms with Crippen molar-refractivity contribution in [2.75, 3.05) is 17.3 Å². The van der Waals surface area contributed by atoms with Crippen molar-refractivity contribution in [1.29, 1.82) is 0 Å². The Balaban J connectivity index is 1.91. The second-order valence-electron chi connectivity index (χ2n) is 4.59. The van der Waals surface area contributed by atoms with E-state index in [0.29, 0.717) is 5.69 Å². The predicted molar refractivity (Wildman–Crippen MR) is 85.3 cm³/mol. The van der Waals surface area contributed by atoms with Crippen LogP contribution in [0.2, 0.25) is 0 Å². The molecule has 1 amide bonds. The van der Waals surface area contributed by atoms with Gasteiger partial charge in [-0.3, -0.25) is 4.79 Å². The molecule has 0 spiro atoms. The maximum absolute atomic E-state index is 13.0. The lowest BCUT2D eigenvalue weighted by Gasteiger charge is -2.06. The standard InChI is InChI=1S/C15H14FNO3S2/c1-22(19,20)14-7-5-13(6-8-14)21-10-15(18)17-12-4-2-3-11(16)9-12/h2-9H,10H2,1H3,(H,17,18). The van der Waals surface area contributed by atoms with E-state index in [4.69, 9.17) is 0 Å². The first kappa shape index (κ1) is 16.5. The topological polar surface area (TPSA) is 63.2 Å². The van der Waals surface area contributed by atoms with Crippen LogP contribution in [0.5, 0.6) is 0 Å². The van der Waals surface area contributed by atoms with Crippen LogP contribution in [0.4, 0.5) is 10.1 Å². The van der Waals surface area contributed by atoms with E-state index in [0.717, 1.165) is 11.2 Å². The van der Waals surface area contributed by atoms with Crippen molar-refractivity contribution in [2.45, 2.75) is 9.79 Å². The van der Waals surface area contributed by atoms with Crippen LogP contribution in [0.25, 0.3) is 0 Å². The summed E-state index contributed by atoms with van der Waals surface area (Å²) in [6.45, 7) is 0. The number of rotatable bonds is 5. The van der Waals surface area contributed by atoms with Crippen molar-refractivity contribution >= 4 is 33.2 Å². The molecule has 0 aliphatic heterocycles. The lowest BCUT2D eigenvalue weighted by Crippen LogP contribution is -2.14. The minimum Gasteiger partial charge on any atom is -0.325 e. The van der Waals surface area contributed by atoms with E-state index in [1.165, 1.54) is 42.1 Å². The zero-order chi connectivity index (χ0) is 16.2. The number of carbonyl (C=O) groups excluding carboxylic acids is 1. The number of carbonyl (C=O) groups is 1. The fourth-order valence-electron chi connectivity index (χ4n) is 1.70. The van der Waals surface area contributed by atoms with Gasteiger partial charge in [-0.15, -0.1) is 11.8 Å². The van der Waals surface area contributed by atoms with Crippen LogP contribution in [0.3, 0.4) is 0 Å². The van der Waals surface area contributed by atoms with Crippen LogP contribution < -0.4 is 5.32 Å². The quantitative estimate of drug-likeness (QED) is 0.851. The van der Waals surface area contributed by atoms with Gasteiger partial charge in [-0.25, -0.2) is 12.8 Å². The molecular formula is C15H14FNO3S2. The molecule has 0 aliphatic rings. The summed E-state index contributed by atoms with van der Waals surface area (Å²) in [5.41, 5.74) is 0.401. The highest BCUT2D eigenvalue weighted by Crippen LogP contribution is 2.20. The van der Waals surface area contributed by atoms with Crippen molar-refractivity contribution in [2.24, 2.45) is 0 Å². The molecule has 0 aromatic heterocycles. The minimum atomic E-state index is -3.22. The molecule has 1 N–H and O–H groups in total. The molecule has 0 radical (unpaired) electrons. The second-order valence-corrected chi connectivity index (χ2v) is 7.66. The first-order chi connectivity index (χ1) is 10.3. The smallest absolute Gasteiger partial charge is 0.234 e. The first-order valence-electron chi connectivity index (χ1n) is 6.33. The molecule has 0 aliphatic carbocycles. The molecular weight excluding hydrogens is 325 g/mol. The third-order valence-corrected chi connectivity index (χ3v) is 4.87. The lowest BCUT2D eigenvalue weighted by atomic mass is 10.3. The monoisotopic (exact) mass is 339 g/mol. The lowest BCUT2D eigenvalue weighted by molar-refractivity contribution is -0.113. The number of hydrogen-bond donors (Lipinski definition) is 1. The van der Waals surface area contributed by atoms with E-state index < -0.39 is 15.7 Å². The molecule has 116 valence electrons. The number of sulfone groups is 1. The Kier molecular flexibility index (Phi) is 5.20. The van der Waals surface area contributed by atoms with Gasteiger partial charge in [0.25, 0.3) is 0 Å². The van der Waals surface area contributed by atoms with Gasteiger partial charge in [0.1, 0.15) is 5.82 Å². The molecule has 4 nitrogen and oxygen atoms in total. The van der Waals surface area contributed by atoms with Crippen molar-refractivity contribution < 1.29 is 17.6 Å². The Bertz CT molecular complexity index is 774. The summed E-state index contributed by atoms with van der Waals surface area (Å²) < 4.78 is 35.7. The fourth-order valence-corrected chi connectivity index (χ4v) is 3.02. The van der Waals surface area contributed by atoms with Crippen LogP contribution in [0.15, 0.2) is 58.3 Å². The van der Waals surface area contributed by atoms with Gasteiger partial charge in [-0.1, -0.05) is 6.07 Å². The van der Waals surface area contributed by atoms with Gasteiger partial charge >= 0.3 is 0 Å². The highest BCUT2D eigenvalue weighted by molar-refractivity contribution is 8.00. The third kappa shape index (κ3) is 4.85. The molecule has 0 bridgehead atoms. The summed E-state index contributed by atoms with van der Waals surface area (Å²) in [5.74, 6) is -0.529. The molecule has 22 heavy (non-hydrogen) atoms. The van der Waals surface area contributed by atoms with Crippen LogP contribution in [0.1, 0.15) is 0 Å². The Morgan fingerprint density at radius 3 is 2.45 bits per heavy atom. The van der Waals surface area contributed by atoms with Crippen LogP contribution in [0, 0.1) is 5.82 Å². The van der Waals surface area contributed by atoms with E-state index in [1.54, 1.807) is 18.2 Å². The number of hydrogen-bond acceptors (Lipinski definition) is 4. The van der Waals surface area contributed by atoms with Gasteiger partial charge in [-0.2, -0.15) is 0 Å². The summed E-state index contributed by atoms with van der Waals surface area (Å²) in [7, 11) is -3.22. The molecule has 2 aromatic carbocycles. The van der Waals surface area contributed by atoms with Gasteiger partial charge in [0.05, 0.1) is 10.6 Å². The molecule has 2 aromatic rings. The van der Waals surface area contributed by atoms with Crippen LogP contribution in [-0.4, -0.2) is 26.3 Å². The summed E-state index contributed by atoms with van der Waals surface area (Å²) in [5, 5.41) is 2.59. The SMILES string of the molecule is CS(=O)(=O)c1ccc(SCC(=O)Nc2cccc(F)c2)cc1. The molecule has 7 heteroatoms. The average molecular weight is 339 g/mol. The van der Waals surface area contributed by atoms with Crippen LogP contribution >= 0.6 is 11.8 Å². The Morgan fingerprint density at radius 1 is 1.18 bits per heavy atom. The van der Waals surface area contributed by atoms with Gasteiger partial charge in [-0.05, 0) is 42.5 Å². The number of nitrogens with one attached hydrogen (secondary N) is 1. The predicted octanol–water partition coefficient (Wildman–Crippen LogP) is 2.96. The van der Waals surface area contributed by atoms with E-state index in [-0.39, 0.29) is 16.6 Å². The highest BCUT2D eigenvalue weighted by Gasteiger charge is 2.08. The van der Waals surface area contributed by atoms with Gasteiger partial charge in [0, 0.05) is 16.8 Å². The fraction of sp³-hybridized carbons (Fsp3) is 0.133. The largest absolute Gasteiger partial charge is 0.325 e. The molecule has 2 rings (SSSR count). The van der Waals surface area contributed by atoms with Crippen LogP contribution in [-0.2, 0) is 14.6 Å². The maximum atomic E-state index is 13.0. The van der Waals surface area contributed by atoms with Gasteiger partial charge < -0.3 is 5.32 Å². The van der Waals surface area contributed by atoms with E-state index in [2.05, 4.69) is 5.32 Å². The van der Waals surface area contributed by atoms with Crippen molar-refractivity contribution in [3.8, 4) is 0 Å². The summed E-state index contributed by atoms with van der Waals surface area (Å²) >= 11 is 1.27. The number of benzene rings is 2. The zero-order valence-corrected chi connectivity index (χ0v) is 13.4.